The molecular weight excluding hydrogens is 442 g/mol. The van der Waals surface area contributed by atoms with Crippen LogP contribution in [0, 0.1) is 12.8 Å². The Morgan fingerprint density at radius 2 is 1.71 bits per heavy atom. The lowest BCUT2D eigenvalue weighted by Gasteiger charge is -2.47. The van der Waals surface area contributed by atoms with Gasteiger partial charge in [0.15, 0.2) is 5.78 Å². The summed E-state index contributed by atoms with van der Waals surface area (Å²) < 4.78 is 28.2. The molecule has 1 spiro atoms. The van der Waals surface area contributed by atoms with Crippen LogP contribution >= 0.6 is 0 Å². The van der Waals surface area contributed by atoms with E-state index >= 15 is 0 Å². The van der Waals surface area contributed by atoms with E-state index in [4.69, 9.17) is 0 Å². The van der Waals surface area contributed by atoms with Gasteiger partial charge in [-0.15, -0.1) is 6.58 Å². The van der Waals surface area contributed by atoms with Gasteiger partial charge in [0.2, 0.25) is 10.0 Å². The molecule has 0 aromatic heterocycles. The van der Waals surface area contributed by atoms with Gasteiger partial charge in [-0.2, -0.15) is 4.31 Å². The van der Waals surface area contributed by atoms with Crippen LogP contribution in [0.4, 0.5) is 0 Å². The van der Waals surface area contributed by atoms with Crippen molar-refractivity contribution in [2.75, 3.05) is 13.1 Å². The highest BCUT2D eigenvalue weighted by molar-refractivity contribution is 7.89. The minimum absolute atomic E-state index is 0.0183. The molecule has 1 fully saturated rings. The summed E-state index contributed by atoms with van der Waals surface area (Å²) in [5, 5.41) is 0. The summed E-state index contributed by atoms with van der Waals surface area (Å²) in [6.07, 6.45) is 5.70. The van der Waals surface area contributed by atoms with Gasteiger partial charge < -0.3 is 0 Å². The van der Waals surface area contributed by atoms with E-state index < -0.39 is 15.4 Å². The van der Waals surface area contributed by atoms with Gasteiger partial charge in [-0.05, 0) is 59.9 Å². The third-order valence-corrected chi connectivity index (χ3v) is 9.10. The fraction of sp³-hybridized carbons (Fsp3) is 0.207. The number of carbonyl (C=O) groups is 1. The summed E-state index contributed by atoms with van der Waals surface area (Å²) in [6.45, 7) is 6.44. The molecule has 4 nitrogen and oxygen atoms in total. The molecule has 1 heterocycles. The topological polar surface area (TPSA) is 54.5 Å². The largest absolute Gasteiger partial charge is 0.294 e. The average molecular weight is 470 g/mol. The van der Waals surface area contributed by atoms with Crippen molar-refractivity contribution >= 4 is 21.9 Å². The fourth-order valence-electron chi connectivity index (χ4n) is 5.31. The molecule has 5 heteroatoms. The van der Waals surface area contributed by atoms with E-state index in [2.05, 4.69) is 30.8 Å². The average Bonchev–Trinajstić information content (AvgIpc) is 2.87. The molecule has 0 amide bonds. The third-order valence-electron chi connectivity index (χ3n) is 7.23. The number of benzene rings is 3. The van der Waals surface area contributed by atoms with E-state index in [0.29, 0.717) is 6.42 Å². The van der Waals surface area contributed by atoms with E-state index in [1.165, 1.54) is 4.31 Å². The second-order valence-electron chi connectivity index (χ2n) is 9.11. The van der Waals surface area contributed by atoms with E-state index in [1.54, 1.807) is 36.4 Å². The van der Waals surface area contributed by atoms with Crippen molar-refractivity contribution in [3.05, 3.63) is 108 Å². The van der Waals surface area contributed by atoms with Crippen molar-refractivity contribution in [1.29, 1.82) is 0 Å². The number of ketones is 1. The molecule has 34 heavy (non-hydrogen) atoms. The number of hydrogen-bond donors (Lipinski definition) is 0. The van der Waals surface area contributed by atoms with Gasteiger partial charge >= 0.3 is 0 Å². The van der Waals surface area contributed by atoms with Crippen LogP contribution in [0.25, 0.3) is 17.2 Å². The molecule has 3 aromatic rings. The first kappa shape index (κ1) is 22.5. The van der Waals surface area contributed by atoms with Crippen LogP contribution in [0.15, 0.2) is 96.4 Å². The highest BCUT2D eigenvalue weighted by Gasteiger charge is 2.51. The molecule has 0 N–H and O–H groups in total. The summed E-state index contributed by atoms with van der Waals surface area (Å²) in [7, 11) is -3.66. The Morgan fingerprint density at radius 1 is 0.971 bits per heavy atom. The first-order chi connectivity index (χ1) is 16.4. The minimum atomic E-state index is -3.66. The zero-order valence-corrected chi connectivity index (χ0v) is 20.0. The number of carbonyl (C=O) groups excluding carboxylic acids is 1. The Morgan fingerprint density at radius 3 is 2.41 bits per heavy atom. The normalized spacial score (nSPS) is 22.5. The summed E-state index contributed by atoms with van der Waals surface area (Å²) in [6, 6.07) is 23.2. The molecule has 2 atom stereocenters. The number of allylic oxidation sites excluding steroid dienone is 1. The van der Waals surface area contributed by atoms with Gasteiger partial charge in [-0.1, -0.05) is 72.3 Å². The molecular formula is C29H27NO3S. The molecule has 2 aliphatic rings. The third kappa shape index (κ3) is 3.56. The Labute approximate surface area is 201 Å². The lowest BCUT2D eigenvalue weighted by Crippen LogP contribution is -2.55. The van der Waals surface area contributed by atoms with Crippen LogP contribution in [0.2, 0.25) is 0 Å². The number of fused-ring (bicyclic) bond motifs is 2. The quantitative estimate of drug-likeness (QED) is 0.481. The van der Waals surface area contributed by atoms with Crippen molar-refractivity contribution in [1.82, 2.24) is 4.31 Å². The highest BCUT2D eigenvalue weighted by Crippen LogP contribution is 2.47. The van der Waals surface area contributed by atoms with E-state index in [1.807, 2.05) is 37.3 Å². The molecule has 172 valence electrons. The van der Waals surface area contributed by atoms with E-state index in [0.717, 1.165) is 27.8 Å². The highest BCUT2D eigenvalue weighted by atomic mass is 32.2. The predicted octanol–water partition coefficient (Wildman–Crippen LogP) is 5.39. The Bertz CT molecular complexity index is 1390. The standard InChI is InChI=1S/C29H27NO3S/c1-3-25-20-30(34(32,33)26-13-9-21(2)10-14-26)18-17-29(25)27-15-11-23(22-7-5-4-6-8-22)19-24(27)12-16-28(29)31/h3-16,19,25H,1,17-18,20H2,2H3/t25-,29+/m1/s1. The number of aryl methyl sites for hydroxylation is 1. The van der Waals surface area contributed by atoms with Gasteiger partial charge in [-0.3, -0.25) is 4.79 Å². The lowest BCUT2D eigenvalue weighted by molar-refractivity contribution is -0.122. The van der Waals surface area contributed by atoms with Crippen LogP contribution < -0.4 is 0 Å². The Hall–Kier alpha value is -3.28. The van der Waals surface area contributed by atoms with Crippen molar-refractivity contribution in [2.45, 2.75) is 23.7 Å². The van der Waals surface area contributed by atoms with Crippen LogP contribution in [0.5, 0.6) is 0 Å². The SMILES string of the molecule is C=C[C@@H]1CN(S(=O)(=O)c2ccc(C)cc2)CC[C@]12C(=O)C=Cc1cc(-c3ccccc3)ccc12. The smallest absolute Gasteiger partial charge is 0.243 e. The minimum Gasteiger partial charge on any atom is -0.294 e. The molecule has 1 aliphatic heterocycles. The van der Waals surface area contributed by atoms with Gasteiger partial charge in [0.1, 0.15) is 0 Å². The fourth-order valence-corrected chi connectivity index (χ4v) is 6.78. The number of piperidine rings is 1. The summed E-state index contributed by atoms with van der Waals surface area (Å²) >= 11 is 0. The second kappa shape index (κ2) is 8.49. The van der Waals surface area contributed by atoms with Crippen molar-refractivity contribution in [3.63, 3.8) is 0 Å². The first-order valence-electron chi connectivity index (χ1n) is 11.5. The summed E-state index contributed by atoms with van der Waals surface area (Å²) in [4.78, 5) is 13.7. The van der Waals surface area contributed by atoms with Crippen molar-refractivity contribution in [2.24, 2.45) is 5.92 Å². The van der Waals surface area contributed by atoms with Crippen molar-refractivity contribution in [3.8, 4) is 11.1 Å². The summed E-state index contributed by atoms with van der Waals surface area (Å²) in [5.74, 6) is -0.315. The maximum atomic E-state index is 13.4. The first-order valence-corrected chi connectivity index (χ1v) is 12.9. The maximum absolute atomic E-state index is 13.4. The number of hydrogen-bond acceptors (Lipinski definition) is 3. The van der Waals surface area contributed by atoms with Crippen LogP contribution in [-0.4, -0.2) is 31.6 Å². The molecule has 5 rings (SSSR count). The zero-order valence-electron chi connectivity index (χ0n) is 19.1. The molecule has 1 aliphatic carbocycles. The Kier molecular flexibility index (Phi) is 5.62. The Balaban J connectivity index is 1.52. The molecule has 0 radical (unpaired) electrons. The zero-order chi connectivity index (χ0) is 23.9. The van der Waals surface area contributed by atoms with Crippen LogP contribution in [0.3, 0.4) is 0 Å². The number of rotatable bonds is 4. The predicted molar refractivity (Wildman–Crippen MR) is 136 cm³/mol. The monoisotopic (exact) mass is 469 g/mol. The molecule has 1 saturated heterocycles. The van der Waals surface area contributed by atoms with Crippen LogP contribution in [-0.2, 0) is 20.2 Å². The van der Waals surface area contributed by atoms with Gasteiger partial charge in [-0.25, -0.2) is 8.42 Å². The molecule has 0 unspecified atom stereocenters. The van der Waals surface area contributed by atoms with Gasteiger partial charge in [0.05, 0.1) is 10.3 Å². The van der Waals surface area contributed by atoms with Crippen molar-refractivity contribution < 1.29 is 13.2 Å². The van der Waals surface area contributed by atoms with E-state index in [9.17, 15) is 13.2 Å². The molecule has 0 bridgehead atoms. The number of sulfonamides is 1. The van der Waals surface area contributed by atoms with Gasteiger partial charge in [0.25, 0.3) is 0 Å². The maximum Gasteiger partial charge on any atom is 0.243 e. The van der Waals surface area contributed by atoms with Crippen LogP contribution in [0.1, 0.15) is 23.1 Å². The number of nitrogens with zero attached hydrogens (tertiary/aromatic N) is 1. The molecule has 3 aromatic carbocycles. The van der Waals surface area contributed by atoms with Gasteiger partial charge in [0, 0.05) is 19.0 Å². The molecule has 0 saturated carbocycles. The van der Waals surface area contributed by atoms with E-state index in [-0.39, 0.29) is 29.7 Å². The summed E-state index contributed by atoms with van der Waals surface area (Å²) in [5.41, 5.74) is 4.36. The lowest BCUT2D eigenvalue weighted by atomic mass is 9.60. The second-order valence-corrected chi connectivity index (χ2v) is 11.0.